The Hall–Kier alpha value is -1.47. The largest absolute Gasteiger partial charge is 0.349 e. The van der Waals surface area contributed by atoms with E-state index in [1.54, 1.807) is 6.20 Å². The second-order valence-electron chi connectivity index (χ2n) is 7.02. The summed E-state index contributed by atoms with van der Waals surface area (Å²) in [4.78, 5) is 14.5. The molecule has 23 heavy (non-hydrogen) atoms. The predicted octanol–water partition coefficient (Wildman–Crippen LogP) is 0.909. The topological polar surface area (TPSA) is 75.1 Å². The van der Waals surface area contributed by atoms with Crippen molar-refractivity contribution in [2.45, 2.75) is 45.2 Å². The first-order chi connectivity index (χ1) is 11.0. The molecule has 0 radical (unpaired) electrons. The molecule has 0 aromatic carbocycles. The van der Waals surface area contributed by atoms with Crippen LogP contribution in [-0.4, -0.2) is 65.6 Å². The minimum Gasteiger partial charge on any atom is -0.349 e. The number of carbonyl (C=O) groups excluding carboxylic acids is 1. The van der Waals surface area contributed by atoms with E-state index >= 15 is 0 Å². The number of rotatable bonds is 7. The molecule has 130 valence electrons. The Morgan fingerprint density at radius 1 is 1.43 bits per heavy atom. The van der Waals surface area contributed by atoms with E-state index in [4.69, 9.17) is 0 Å². The normalized spacial score (nSPS) is 17.7. The summed E-state index contributed by atoms with van der Waals surface area (Å²) in [5.41, 5.74) is 0.408. The summed E-state index contributed by atoms with van der Waals surface area (Å²) >= 11 is 0. The molecule has 7 nitrogen and oxygen atoms in total. The maximum Gasteiger partial charge on any atom is 0.273 e. The second kappa shape index (κ2) is 8.40. The van der Waals surface area contributed by atoms with E-state index in [0.717, 1.165) is 32.4 Å². The van der Waals surface area contributed by atoms with Gasteiger partial charge in [-0.1, -0.05) is 19.1 Å². The van der Waals surface area contributed by atoms with Gasteiger partial charge < -0.3 is 15.5 Å². The van der Waals surface area contributed by atoms with Gasteiger partial charge in [0.15, 0.2) is 5.69 Å². The zero-order chi connectivity index (χ0) is 16.8. The molecule has 0 saturated carbocycles. The van der Waals surface area contributed by atoms with Crippen LogP contribution in [0.2, 0.25) is 0 Å². The standard InChI is InChI=1S/C16H30N6O/c1-12(2)9-14(21(3)4)10-18-16(23)15-11-22(20-19-15)13-5-7-17-8-6-13/h11-14,17H,5-10H2,1-4H3,(H,18,23). The molecule has 1 aromatic heterocycles. The molecule has 0 aliphatic carbocycles. The molecule has 1 atom stereocenters. The quantitative estimate of drug-likeness (QED) is 0.780. The maximum absolute atomic E-state index is 12.3. The lowest BCUT2D eigenvalue weighted by atomic mass is 10.0. The zero-order valence-electron chi connectivity index (χ0n) is 14.7. The first kappa shape index (κ1) is 17.9. The Bertz CT molecular complexity index is 493. The van der Waals surface area contributed by atoms with Crippen molar-refractivity contribution in [1.82, 2.24) is 30.5 Å². The second-order valence-corrected chi connectivity index (χ2v) is 7.02. The highest BCUT2D eigenvalue weighted by Crippen LogP contribution is 2.17. The number of amides is 1. The van der Waals surface area contributed by atoms with Gasteiger partial charge in [-0.25, -0.2) is 4.68 Å². The summed E-state index contributed by atoms with van der Waals surface area (Å²) in [5, 5.41) is 14.5. The molecule has 2 rings (SSSR count). The van der Waals surface area contributed by atoms with Crippen LogP contribution < -0.4 is 10.6 Å². The molecule has 7 heteroatoms. The lowest BCUT2D eigenvalue weighted by Crippen LogP contribution is -2.41. The number of nitrogens with zero attached hydrogens (tertiary/aromatic N) is 4. The zero-order valence-corrected chi connectivity index (χ0v) is 14.7. The smallest absolute Gasteiger partial charge is 0.273 e. The molecular formula is C16H30N6O. The van der Waals surface area contributed by atoms with Crippen LogP contribution in [0.4, 0.5) is 0 Å². The van der Waals surface area contributed by atoms with Crippen molar-refractivity contribution in [3.05, 3.63) is 11.9 Å². The summed E-state index contributed by atoms with van der Waals surface area (Å²) in [7, 11) is 4.10. The number of piperidine rings is 1. The molecule has 2 heterocycles. The maximum atomic E-state index is 12.3. The molecule has 0 spiro atoms. The average molecular weight is 322 g/mol. The van der Waals surface area contributed by atoms with E-state index in [2.05, 4.69) is 39.7 Å². The van der Waals surface area contributed by atoms with Crippen LogP contribution in [-0.2, 0) is 0 Å². The minimum absolute atomic E-state index is 0.138. The van der Waals surface area contributed by atoms with Crippen molar-refractivity contribution >= 4 is 5.91 Å². The van der Waals surface area contributed by atoms with Gasteiger partial charge in [-0.3, -0.25) is 4.79 Å². The van der Waals surface area contributed by atoms with E-state index in [9.17, 15) is 4.79 Å². The van der Waals surface area contributed by atoms with Crippen LogP contribution in [0.15, 0.2) is 6.20 Å². The molecular weight excluding hydrogens is 292 g/mol. The van der Waals surface area contributed by atoms with Crippen LogP contribution in [0.3, 0.4) is 0 Å². The van der Waals surface area contributed by atoms with Gasteiger partial charge in [-0.15, -0.1) is 5.10 Å². The molecule has 2 N–H and O–H groups in total. The van der Waals surface area contributed by atoms with E-state index in [1.165, 1.54) is 0 Å². The Balaban J connectivity index is 1.88. The number of likely N-dealkylation sites (N-methyl/N-ethyl adjacent to an activating group) is 1. The Kier molecular flexibility index (Phi) is 6.53. The molecule has 0 bridgehead atoms. The highest BCUT2D eigenvalue weighted by Gasteiger charge is 2.20. The van der Waals surface area contributed by atoms with Gasteiger partial charge in [0.2, 0.25) is 0 Å². The molecule has 1 aliphatic heterocycles. The monoisotopic (exact) mass is 322 g/mol. The molecule has 1 fully saturated rings. The number of hydrogen-bond acceptors (Lipinski definition) is 5. The van der Waals surface area contributed by atoms with Gasteiger partial charge >= 0.3 is 0 Å². The van der Waals surface area contributed by atoms with Crippen molar-refractivity contribution < 1.29 is 4.79 Å². The predicted molar refractivity (Wildman–Crippen MR) is 90.4 cm³/mol. The lowest BCUT2D eigenvalue weighted by molar-refractivity contribution is 0.0933. The van der Waals surface area contributed by atoms with E-state index in [-0.39, 0.29) is 5.91 Å². The first-order valence-electron chi connectivity index (χ1n) is 8.54. The fourth-order valence-electron chi connectivity index (χ4n) is 2.95. The Labute approximate surface area is 138 Å². The number of aromatic nitrogens is 3. The van der Waals surface area contributed by atoms with Crippen molar-refractivity contribution in [2.75, 3.05) is 33.7 Å². The highest BCUT2D eigenvalue weighted by atomic mass is 16.2. The first-order valence-corrected chi connectivity index (χ1v) is 8.54. The van der Waals surface area contributed by atoms with Crippen molar-refractivity contribution in [1.29, 1.82) is 0 Å². The van der Waals surface area contributed by atoms with E-state index in [0.29, 0.717) is 30.2 Å². The molecule has 1 aromatic rings. The highest BCUT2D eigenvalue weighted by molar-refractivity contribution is 5.91. The fourth-order valence-corrected chi connectivity index (χ4v) is 2.95. The van der Waals surface area contributed by atoms with Crippen LogP contribution in [0.5, 0.6) is 0 Å². The van der Waals surface area contributed by atoms with Gasteiger partial charge in [0.05, 0.1) is 12.2 Å². The van der Waals surface area contributed by atoms with Crippen LogP contribution in [0, 0.1) is 5.92 Å². The molecule has 1 amide bonds. The fraction of sp³-hybridized carbons (Fsp3) is 0.812. The van der Waals surface area contributed by atoms with Crippen LogP contribution in [0.1, 0.15) is 49.6 Å². The minimum atomic E-state index is -0.138. The SMILES string of the molecule is CC(C)CC(CNC(=O)c1cn(C2CCNCC2)nn1)N(C)C. The number of hydrogen-bond donors (Lipinski definition) is 2. The third-order valence-corrected chi connectivity index (χ3v) is 4.40. The summed E-state index contributed by atoms with van der Waals surface area (Å²) in [6.07, 6.45) is 4.89. The van der Waals surface area contributed by atoms with Gasteiger partial charge in [0.25, 0.3) is 5.91 Å². The third kappa shape index (κ3) is 5.28. The Morgan fingerprint density at radius 3 is 2.74 bits per heavy atom. The van der Waals surface area contributed by atoms with Gasteiger partial charge in [0, 0.05) is 12.6 Å². The summed E-state index contributed by atoms with van der Waals surface area (Å²) in [6.45, 7) is 7.01. The summed E-state index contributed by atoms with van der Waals surface area (Å²) in [5.74, 6) is 0.459. The molecule has 1 unspecified atom stereocenters. The van der Waals surface area contributed by atoms with Crippen molar-refractivity contribution in [2.24, 2.45) is 5.92 Å². The van der Waals surface area contributed by atoms with Gasteiger partial charge in [0.1, 0.15) is 0 Å². The van der Waals surface area contributed by atoms with Crippen molar-refractivity contribution in [3.8, 4) is 0 Å². The summed E-state index contributed by atoms with van der Waals surface area (Å²) < 4.78 is 1.84. The number of carbonyl (C=O) groups is 1. The van der Waals surface area contributed by atoms with E-state index in [1.807, 2.05) is 18.8 Å². The molecule has 1 aliphatic rings. The van der Waals surface area contributed by atoms with Crippen molar-refractivity contribution in [3.63, 3.8) is 0 Å². The van der Waals surface area contributed by atoms with Gasteiger partial charge in [-0.2, -0.15) is 0 Å². The number of nitrogens with one attached hydrogen (secondary N) is 2. The molecule has 1 saturated heterocycles. The van der Waals surface area contributed by atoms with Gasteiger partial charge in [-0.05, 0) is 52.4 Å². The van der Waals surface area contributed by atoms with Crippen LogP contribution in [0.25, 0.3) is 0 Å². The van der Waals surface area contributed by atoms with E-state index < -0.39 is 0 Å². The third-order valence-electron chi connectivity index (χ3n) is 4.40. The Morgan fingerprint density at radius 2 is 2.13 bits per heavy atom. The summed E-state index contributed by atoms with van der Waals surface area (Å²) in [6, 6.07) is 0.680. The lowest BCUT2D eigenvalue weighted by Gasteiger charge is -2.26. The van der Waals surface area contributed by atoms with Crippen LogP contribution >= 0.6 is 0 Å². The average Bonchev–Trinajstić information content (AvgIpc) is 3.01.